The van der Waals surface area contributed by atoms with Crippen molar-refractivity contribution in [1.82, 2.24) is 9.88 Å². The third-order valence-corrected chi connectivity index (χ3v) is 6.97. The number of hydrogen-bond acceptors (Lipinski definition) is 3. The number of aliphatic hydroxyl groups is 1. The van der Waals surface area contributed by atoms with Gasteiger partial charge in [-0.1, -0.05) is 102 Å². The van der Waals surface area contributed by atoms with Gasteiger partial charge >= 0.3 is 0 Å². The molecule has 1 aromatic heterocycles. The van der Waals surface area contributed by atoms with Crippen molar-refractivity contribution in [3.8, 4) is 11.3 Å². The highest BCUT2D eigenvalue weighted by atomic mass is 16.3. The second-order valence-corrected chi connectivity index (χ2v) is 9.72. The summed E-state index contributed by atoms with van der Waals surface area (Å²) in [4.78, 5) is 18.8. The smallest absolute Gasteiger partial charge is 0.252 e. The van der Waals surface area contributed by atoms with Gasteiger partial charge < -0.3 is 15.0 Å². The zero-order valence-electron chi connectivity index (χ0n) is 21.1. The second kappa shape index (κ2) is 10.4. The van der Waals surface area contributed by atoms with Crippen LogP contribution in [0.25, 0.3) is 22.9 Å². The number of benzene rings is 3. The van der Waals surface area contributed by atoms with Crippen molar-refractivity contribution in [2.45, 2.75) is 17.9 Å². The molecule has 5 rings (SSSR count). The molecule has 0 bridgehead atoms. The van der Waals surface area contributed by atoms with Crippen molar-refractivity contribution in [2.24, 2.45) is 0 Å². The number of nitrogens with zero attached hydrogens (tertiary/aromatic N) is 1. The molecule has 1 aliphatic carbocycles. The highest BCUT2D eigenvalue weighted by molar-refractivity contribution is 5.82. The van der Waals surface area contributed by atoms with Gasteiger partial charge in [0.1, 0.15) is 5.60 Å². The summed E-state index contributed by atoms with van der Waals surface area (Å²) in [7, 11) is 3.97. The van der Waals surface area contributed by atoms with Crippen LogP contribution in [0.4, 0.5) is 0 Å². The Morgan fingerprint density at radius 1 is 0.892 bits per heavy atom. The molecule has 1 heterocycles. The monoisotopic (exact) mass is 486 g/mol. The zero-order valence-corrected chi connectivity index (χ0v) is 21.1. The first-order chi connectivity index (χ1) is 18.0. The molecule has 2 N–H and O–H groups in total. The molecular weight excluding hydrogens is 456 g/mol. The molecule has 37 heavy (non-hydrogen) atoms. The third kappa shape index (κ3) is 4.93. The third-order valence-electron chi connectivity index (χ3n) is 6.97. The fraction of sp³-hybridized carbons (Fsp3) is 0.182. The van der Waals surface area contributed by atoms with E-state index < -0.39 is 11.5 Å². The van der Waals surface area contributed by atoms with E-state index in [1.807, 2.05) is 122 Å². The molecular formula is C33H30N2O2. The van der Waals surface area contributed by atoms with E-state index in [4.69, 9.17) is 0 Å². The topological polar surface area (TPSA) is 56.3 Å². The Morgan fingerprint density at radius 2 is 1.57 bits per heavy atom. The lowest BCUT2D eigenvalue weighted by molar-refractivity contribution is 0.0665. The summed E-state index contributed by atoms with van der Waals surface area (Å²) in [6, 6.07) is 31.3. The van der Waals surface area contributed by atoms with Gasteiger partial charge in [-0.05, 0) is 54.9 Å². The molecule has 0 saturated heterocycles. The van der Waals surface area contributed by atoms with Crippen LogP contribution >= 0.6 is 0 Å². The Bertz CT molecular complexity index is 1560. The maximum Gasteiger partial charge on any atom is 0.252 e. The molecule has 4 heteroatoms. The molecule has 0 radical (unpaired) electrons. The van der Waals surface area contributed by atoms with Gasteiger partial charge in [-0.25, -0.2) is 0 Å². The summed E-state index contributed by atoms with van der Waals surface area (Å²) in [5.41, 5.74) is 10.3. The lowest BCUT2D eigenvalue weighted by atomic mass is 9.69. The average molecular weight is 487 g/mol. The molecule has 0 amide bonds. The lowest BCUT2D eigenvalue weighted by Gasteiger charge is -2.39. The lowest BCUT2D eigenvalue weighted by Crippen LogP contribution is -2.43. The summed E-state index contributed by atoms with van der Waals surface area (Å²) in [5.74, 6) is -0.627. The molecule has 0 fully saturated rings. The Balaban J connectivity index is 1.73. The fourth-order valence-corrected chi connectivity index (χ4v) is 5.11. The molecule has 2 atom stereocenters. The second-order valence-electron chi connectivity index (χ2n) is 9.72. The Kier molecular flexibility index (Phi) is 6.92. The number of hydrogen-bond donors (Lipinski definition) is 2. The van der Waals surface area contributed by atoms with Crippen LogP contribution < -0.4 is 5.56 Å². The van der Waals surface area contributed by atoms with Crippen LogP contribution in [0.5, 0.6) is 0 Å². The molecule has 0 saturated carbocycles. The van der Waals surface area contributed by atoms with Crippen LogP contribution in [0.15, 0.2) is 113 Å². The minimum atomic E-state index is -1.43. The van der Waals surface area contributed by atoms with E-state index in [0.717, 1.165) is 27.9 Å². The number of pyridine rings is 1. The predicted octanol–water partition coefficient (Wildman–Crippen LogP) is 5.72. The molecule has 184 valence electrons. The van der Waals surface area contributed by atoms with E-state index in [2.05, 4.69) is 16.4 Å². The minimum Gasteiger partial charge on any atom is -0.383 e. The maximum absolute atomic E-state index is 13.7. The van der Waals surface area contributed by atoms with Crippen molar-refractivity contribution in [2.75, 3.05) is 20.6 Å². The van der Waals surface area contributed by atoms with Crippen LogP contribution in [0.1, 0.15) is 34.6 Å². The number of fused-ring (bicyclic) bond motifs is 1. The Labute approximate surface area is 217 Å². The highest BCUT2D eigenvalue weighted by Crippen LogP contribution is 2.45. The molecule has 4 nitrogen and oxygen atoms in total. The summed E-state index contributed by atoms with van der Waals surface area (Å²) < 4.78 is 0. The maximum atomic E-state index is 13.7. The predicted molar refractivity (Wildman–Crippen MR) is 150 cm³/mol. The van der Waals surface area contributed by atoms with E-state index >= 15 is 0 Å². The number of aromatic nitrogens is 1. The number of aromatic amines is 1. The summed E-state index contributed by atoms with van der Waals surface area (Å²) in [6.07, 6.45) is 2.28. The highest BCUT2D eigenvalue weighted by Gasteiger charge is 2.44. The number of H-pyrrole nitrogens is 1. The van der Waals surface area contributed by atoms with Gasteiger partial charge in [-0.3, -0.25) is 4.79 Å². The Morgan fingerprint density at radius 3 is 2.27 bits per heavy atom. The standard InChI is InChI=1S/C33H30N2O2/c1-35(2)23-22-33(37,29-19-11-17-24-12-9-10-18-27(24)29)31(26-15-7-4-8-16-26)28-20-21-30(34-32(28)36)25-13-5-3-6-14-25/h3-10,12-18,20-21,31,37H,22-23H2,1-2H3,(H,34,36). The van der Waals surface area contributed by atoms with Crippen LogP contribution in [-0.2, 0) is 0 Å². The molecule has 0 aliphatic heterocycles. The zero-order chi connectivity index (χ0) is 25.8. The average Bonchev–Trinajstić information content (AvgIpc) is 2.93. The van der Waals surface area contributed by atoms with Gasteiger partial charge in [0.05, 0.1) is 0 Å². The Hall–Kier alpha value is -4.17. The first kappa shape index (κ1) is 24.5. The van der Waals surface area contributed by atoms with Crippen LogP contribution in [0, 0.1) is 0 Å². The normalized spacial score (nSPS) is 14.6. The summed E-state index contributed by atoms with van der Waals surface area (Å²) in [6.45, 7) is 0.622. The van der Waals surface area contributed by atoms with E-state index in [1.165, 1.54) is 0 Å². The molecule has 3 aromatic carbocycles. The van der Waals surface area contributed by atoms with Gasteiger partial charge in [0.25, 0.3) is 5.56 Å². The van der Waals surface area contributed by atoms with E-state index in [1.54, 1.807) is 0 Å². The largest absolute Gasteiger partial charge is 0.383 e. The summed E-state index contributed by atoms with van der Waals surface area (Å²) >= 11 is 0. The minimum absolute atomic E-state index is 0.220. The van der Waals surface area contributed by atoms with Gasteiger partial charge in [0.15, 0.2) is 0 Å². The van der Waals surface area contributed by atoms with E-state index in [-0.39, 0.29) is 5.56 Å². The first-order valence-electron chi connectivity index (χ1n) is 12.5. The summed E-state index contributed by atoms with van der Waals surface area (Å²) in [5, 5.41) is 12.8. The SMILES string of the molecule is CN(C)CCC(O)(C1=C=C=Cc2ccccc21)C(c1ccccc1)c1ccc(-c2ccccc2)[nH]c1=O. The number of rotatable bonds is 8. The van der Waals surface area contributed by atoms with Crippen molar-refractivity contribution in [1.29, 1.82) is 0 Å². The first-order valence-corrected chi connectivity index (χ1v) is 12.5. The van der Waals surface area contributed by atoms with E-state index in [0.29, 0.717) is 24.1 Å². The molecule has 2 unspecified atom stereocenters. The fourth-order valence-electron chi connectivity index (χ4n) is 5.11. The van der Waals surface area contributed by atoms with Crippen LogP contribution in [0.2, 0.25) is 0 Å². The van der Waals surface area contributed by atoms with E-state index in [9.17, 15) is 9.90 Å². The van der Waals surface area contributed by atoms with Crippen molar-refractivity contribution < 1.29 is 5.11 Å². The van der Waals surface area contributed by atoms with Crippen LogP contribution in [-0.4, -0.2) is 41.2 Å². The quantitative estimate of drug-likeness (QED) is 0.313. The number of nitrogens with one attached hydrogen (secondary N) is 1. The molecule has 4 aromatic rings. The molecule has 0 spiro atoms. The van der Waals surface area contributed by atoms with Gasteiger partial charge in [0.2, 0.25) is 0 Å². The van der Waals surface area contributed by atoms with Crippen molar-refractivity contribution >= 4 is 11.6 Å². The van der Waals surface area contributed by atoms with Crippen molar-refractivity contribution in [3.05, 3.63) is 141 Å². The van der Waals surface area contributed by atoms with Crippen molar-refractivity contribution in [3.63, 3.8) is 0 Å². The van der Waals surface area contributed by atoms with Gasteiger partial charge in [0, 0.05) is 29.3 Å². The molecule has 1 aliphatic rings. The van der Waals surface area contributed by atoms with Crippen LogP contribution in [0.3, 0.4) is 0 Å². The van der Waals surface area contributed by atoms with Gasteiger partial charge in [-0.15, -0.1) is 0 Å². The van der Waals surface area contributed by atoms with Gasteiger partial charge in [-0.2, -0.15) is 0 Å².